The van der Waals surface area contributed by atoms with Crippen molar-refractivity contribution in [2.75, 3.05) is 24.6 Å². The summed E-state index contributed by atoms with van der Waals surface area (Å²) in [5.74, 6) is 0.949. The molecule has 0 fully saturated rings. The van der Waals surface area contributed by atoms with Gasteiger partial charge in [-0.15, -0.1) is 0 Å². The normalized spacial score (nSPS) is 10.7. The molecule has 2 rings (SSSR count). The smallest absolute Gasteiger partial charge is 0.124 e. The van der Waals surface area contributed by atoms with Crippen molar-refractivity contribution in [1.82, 2.24) is 0 Å². The highest BCUT2D eigenvalue weighted by Crippen LogP contribution is 2.27. The second-order valence-corrected chi connectivity index (χ2v) is 6.50. The molecule has 0 amide bonds. The van der Waals surface area contributed by atoms with Gasteiger partial charge in [0.2, 0.25) is 0 Å². The fraction of sp³-hybridized carbons (Fsp3) is 0.455. The number of ether oxygens (including phenoxy) is 1. The average molecular weight is 341 g/mol. The summed E-state index contributed by atoms with van der Waals surface area (Å²) in [7, 11) is 0. The highest BCUT2D eigenvalue weighted by atomic mass is 16.5. The third kappa shape index (κ3) is 6.43. The Morgan fingerprint density at radius 2 is 1.72 bits per heavy atom. The molecule has 2 aromatic rings. The highest BCUT2D eigenvalue weighted by Gasteiger charge is 2.09. The Labute approximate surface area is 152 Å². The van der Waals surface area contributed by atoms with Gasteiger partial charge < -0.3 is 14.7 Å². The summed E-state index contributed by atoms with van der Waals surface area (Å²) in [6, 6.07) is 16.7. The number of unbranched alkanes of at least 4 members (excludes halogenated alkanes) is 2. The van der Waals surface area contributed by atoms with Gasteiger partial charge in [-0.3, -0.25) is 0 Å². The molecule has 1 N–H and O–H groups in total. The molecular weight excluding hydrogens is 310 g/mol. The first kappa shape index (κ1) is 19.3. The van der Waals surface area contributed by atoms with Gasteiger partial charge in [0.1, 0.15) is 12.4 Å². The molecule has 25 heavy (non-hydrogen) atoms. The molecule has 0 unspecified atom stereocenters. The number of anilines is 1. The van der Waals surface area contributed by atoms with Crippen LogP contribution in [-0.2, 0) is 6.61 Å². The van der Waals surface area contributed by atoms with E-state index < -0.39 is 0 Å². The molecule has 0 spiro atoms. The second kappa shape index (κ2) is 10.8. The van der Waals surface area contributed by atoms with E-state index in [-0.39, 0.29) is 6.61 Å². The van der Waals surface area contributed by atoms with E-state index in [9.17, 15) is 0 Å². The highest BCUT2D eigenvalue weighted by molar-refractivity contribution is 5.53. The van der Waals surface area contributed by atoms with Crippen molar-refractivity contribution in [3.8, 4) is 5.75 Å². The molecule has 136 valence electrons. The van der Waals surface area contributed by atoms with Crippen LogP contribution in [0.2, 0.25) is 0 Å². The number of rotatable bonds is 11. The SMILES string of the molecule is CCCCN(CCCCO)c1ccc(C)c(OCc2ccccc2)c1. The maximum absolute atomic E-state index is 9.05. The largest absolute Gasteiger partial charge is 0.489 e. The predicted octanol–water partition coefficient (Wildman–Crippen LogP) is 4.95. The summed E-state index contributed by atoms with van der Waals surface area (Å²) in [5, 5.41) is 9.05. The topological polar surface area (TPSA) is 32.7 Å². The van der Waals surface area contributed by atoms with Crippen LogP contribution >= 0.6 is 0 Å². The molecule has 0 aliphatic heterocycles. The fourth-order valence-electron chi connectivity index (χ4n) is 2.81. The summed E-state index contributed by atoms with van der Waals surface area (Å²) >= 11 is 0. The predicted molar refractivity (Wildman–Crippen MR) is 105 cm³/mol. The number of aryl methyl sites for hydroxylation is 1. The number of hydrogen-bond donors (Lipinski definition) is 1. The molecule has 3 nitrogen and oxygen atoms in total. The van der Waals surface area contributed by atoms with Crippen molar-refractivity contribution < 1.29 is 9.84 Å². The van der Waals surface area contributed by atoms with Gasteiger partial charge in [-0.2, -0.15) is 0 Å². The first-order valence-electron chi connectivity index (χ1n) is 9.37. The van der Waals surface area contributed by atoms with Crippen molar-refractivity contribution >= 4 is 5.69 Å². The Balaban J connectivity index is 2.07. The van der Waals surface area contributed by atoms with E-state index >= 15 is 0 Å². The van der Waals surface area contributed by atoms with Gasteiger partial charge in [0.15, 0.2) is 0 Å². The van der Waals surface area contributed by atoms with Gasteiger partial charge >= 0.3 is 0 Å². The molecule has 0 atom stereocenters. The van der Waals surface area contributed by atoms with E-state index in [1.54, 1.807) is 0 Å². The lowest BCUT2D eigenvalue weighted by atomic mass is 10.1. The summed E-state index contributed by atoms with van der Waals surface area (Å²) in [5.41, 5.74) is 3.55. The lowest BCUT2D eigenvalue weighted by molar-refractivity contribution is 0.285. The minimum absolute atomic E-state index is 0.265. The quantitative estimate of drug-likeness (QED) is 0.587. The Kier molecular flexibility index (Phi) is 8.33. The molecule has 0 saturated heterocycles. The van der Waals surface area contributed by atoms with Crippen LogP contribution in [0.4, 0.5) is 5.69 Å². The fourth-order valence-corrected chi connectivity index (χ4v) is 2.81. The van der Waals surface area contributed by atoms with Crippen molar-refractivity contribution in [3.05, 3.63) is 59.7 Å². The number of aliphatic hydroxyl groups excluding tert-OH is 1. The number of aliphatic hydroxyl groups is 1. The summed E-state index contributed by atoms with van der Waals surface area (Å²) in [6.45, 7) is 7.18. The van der Waals surface area contributed by atoms with Gasteiger partial charge in [-0.05, 0) is 43.4 Å². The van der Waals surface area contributed by atoms with E-state index in [4.69, 9.17) is 9.84 Å². The standard InChI is InChI=1S/C22H31NO2/c1-3-4-14-23(15-8-9-16-24)21-13-12-19(2)22(17-21)25-18-20-10-6-5-7-11-20/h5-7,10-13,17,24H,3-4,8-9,14-16,18H2,1-2H3. The lowest BCUT2D eigenvalue weighted by Crippen LogP contribution is -2.25. The Bertz CT molecular complexity index is 613. The summed E-state index contributed by atoms with van der Waals surface area (Å²) in [6.07, 6.45) is 4.22. The van der Waals surface area contributed by atoms with Gasteiger partial charge in [-0.1, -0.05) is 49.7 Å². The van der Waals surface area contributed by atoms with Crippen molar-refractivity contribution in [3.63, 3.8) is 0 Å². The van der Waals surface area contributed by atoms with Crippen LogP contribution in [0.5, 0.6) is 5.75 Å². The van der Waals surface area contributed by atoms with Gasteiger partial charge in [0, 0.05) is 31.5 Å². The van der Waals surface area contributed by atoms with E-state index in [1.807, 2.05) is 18.2 Å². The minimum atomic E-state index is 0.265. The molecule has 0 aliphatic rings. The Hall–Kier alpha value is -2.00. The molecule has 0 saturated carbocycles. The molecular formula is C22H31NO2. The Morgan fingerprint density at radius 3 is 2.44 bits per heavy atom. The van der Waals surface area contributed by atoms with E-state index in [1.165, 1.54) is 24.1 Å². The maximum atomic E-state index is 9.05. The molecule has 2 aromatic carbocycles. The van der Waals surface area contributed by atoms with E-state index in [0.717, 1.165) is 37.2 Å². The zero-order chi connectivity index (χ0) is 17.9. The van der Waals surface area contributed by atoms with Crippen molar-refractivity contribution in [1.29, 1.82) is 0 Å². The minimum Gasteiger partial charge on any atom is -0.489 e. The first-order chi connectivity index (χ1) is 12.2. The molecule has 0 heterocycles. The van der Waals surface area contributed by atoms with Crippen LogP contribution in [-0.4, -0.2) is 24.8 Å². The monoisotopic (exact) mass is 341 g/mol. The van der Waals surface area contributed by atoms with Gasteiger partial charge in [0.05, 0.1) is 0 Å². The van der Waals surface area contributed by atoms with Crippen LogP contribution < -0.4 is 9.64 Å². The molecule has 0 radical (unpaired) electrons. The van der Waals surface area contributed by atoms with Crippen molar-refractivity contribution in [2.24, 2.45) is 0 Å². The van der Waals surface area contributed by atoms with Crippen LogP contribution in [0.3, 0.4) is 0 Å². The molecule has 0 aliphatic carbocycles. The third-order valence-electron chi connectivity index (χ3n) is 4.39. The number of nitrogens with zero attached hydrogens (tertiary/aromatic N) is 1. The summed E-state index contributed by atoms with van der Waals surface area (Å²) in [4.78, 5) is 2.41. The van der Waals surface area contributed by atoms with Crippen LogP contribution in [0.1, 0.15) is 43.7 Å². The van der Waals surface area contributed by atoms with Gasteiger partial charge in [-0.25, -0.2) is 0 Å². The van der Waals surface area contributed by atoms with Gasteiger partial charge in [0.25, 0.3) is 0 Å². The van der Waals surface area contributed by atoms with Crippen molar-refractivity contribution in [2.45, 2.75) is 46.1 Å². The van der Waals surface area contributed by atoms with Crippen LogP contribution in [0.15, 0.2) is 48.5 Å². The second-order valence-electron chi connectivity index (χ2n) is 6.50. The summed E-state index contributed by atoms with van der Waals surface area (Å²) < 4.78 is 6.08. The van der Waals surface area contributed by atoms with Crippen LogP contribution in [0, 0.1) is 6.92 Å². The van der Waals surface area contributed by atoms with E-state index in [2.05, 4.69) is 49.1 Å². The molecule has 0 aromatic heterocycles. The zero-order valence-electron chi connectivity index (χ0n) is 15.6. The average Bonchev–Trinajstić information content (AvgIpc) is 2.65. The third-order valence-corrected chi connectivity index (χ3v) is 4.39. The first-order valence-corrected chi connectivity index (χ1v) is 9.37. The number of benzene rings is 2. The lowest BCUT2D eigenvalue weighted by Gasteiger charge is -2.25. The van der Waals surface area contributed by atoms with E-state index in [0.29, 0.717) is 6.61 Å². The molecule has 3 heteroatoms. The maximum Gasteiger partial charge on any atom is 0.124 e. The number of hydrogen-bond acceptors (Lipinski definition) is 3. The zero-order valence-corrected chi connectivity index (χ0v) is 15.6. The van der Waals surface area contributed by atoms with Crippen LogP contribution in [0.25, 0.3) is 0 Å². The molecule has 0 bridgehead atoms. The Morgan fingerprint density at radius 1 is 0.960 bits per heavy atom.